The summed E-state index contributed by atoms with van der Waals surface area (Å²) in [6.07, 6.45) is 10.6. The van der Waals surface area contributed by atoms with Gasteiger partial charge in [0.1, 0.15) is 0 Å². The fraction of sp³-hybridized carbons (Fsp3) is 0.429. The standard InChI is InChI=1S/C28H33F2N3O3.U/c1-6-21(36-25(30)14-29)13-23(17(2)3)28(9-10-28)27(35)32-15-20-8-7-18(4)11-24(33-20)22-16-31-26(34)12-19(22)5;/h7,11-13,16-17H,8-10,14-15H2,1-5H3,(H,31,34)(H,32,35);/q-2;+2/b23-13+;. The van der Waals surface area contributed by atoms with E-state index in [0.29, 0.717) is 19.3 Å². The zero-order valence-corrected chi connectivity index (χ0v) is 26.1. The van der Waals surface area contributed by atoms with Crippen molar-refractivity contribution in [3.05, 3.63) is 81.3 Å². The molecule has 0 spiro atoms. The zero-order chi connectivity index (χ0) is 26.5. The average Bonchev–Trinajstić information content (AvgIpc) is 3.65. The van der Waals surface area contributed by atoms with Gasteiger partial charge in [-0.25, -0.2) is 6.08 Å². The summed E-state index contributed by atoms with van der Waals surface area (Å²) < 4.78 is 30.9. The number of hydrogen-bond donors (Lipinski definition) is 2. The first-order valence-corrected chi connectivity index (χ1v) is 12.0. The van der Waals surface area contributed by atoms with Gasteiger partial charge < -0.3 is 19.4 Å². The zero-order valence-electron chi connectivity index (χ0n) is 21.9. The molecule has 0 unspecified atom stereocenters. The maximum absolute atomic E-state index is 13.4. The topological polar surface area (TPSA) is 83.5 Å². The predicted octanol–water partition coefficient (Wildman–Crippen LogP) is 5.45. The molecule has 0 atom stereocenters. The Balaban J connectivity index is 0.00000481. The number of ether oxygens (including phenoxy) is 1. The number of hydrogen-bond acceptors (Lipinski definition) is 4. The number of allylic oxidation sites excluding steroid dienone is 5. The second kappa shape index (κ2) is 13.5. The molecule has 1 aromatic rings. The molecule has 0 radical (unpaired) electrons. The van der Waals surface area contributed by atoms with Crippen molar-refractivity contribution in [2.75, 3.05) is 13.2 Å². The van der Waals surface area contributed by atoms with Crippen LogP contribution in [0.4, 0.5) is 8.78 Å². The number of halogens is 2. The quantitative estimate of drug-likeness (QED) is 0.191. The number of nitrogens with zero attached hydrogens (tertiary/aromatic N) is 1. The van der Waals surface area contributed by atoms with Crippen molar-refractivity contribution in [3.8, 4) is 0 Å². The van der Waals surface area contributed by atoms with Crippen molar-refractivity contribution in [2.24, 2.45) is 16.3 Å². The number of rotatable bonds is 10. The van der Waals surface area contributed by atoms with E-state index in [1.54, 1.807) is 19.2 Å². The van der Waals surface area contributed by atoms with E-state index in [-0.39, 0.29) is 60.8 Å². The smallest absolute Gasteiger partial charge is 0.651 e. The molecule has 3 rings (SSSR count). The maximum atomic E-state index is 13.4. The molecule has 1 aromatic heterocycles. The van der Waals surface area contributed by atoms with Gasteiger partial charge in [-0.3, -0.25) is 19.0 Å². The first-order chi connectivity index (χ1) is 17.1. The molecule has 6 nitrogen and oxygen atoms in total. The van der Waals surface area contributed by atoms with E-state index in [9.17, 15) is 18.4 Å². The number of carbonyl (C=O) groups is 1. The van der Waals surface area contributed by atoms with Gasteiger partial charge in [0, 0.05) is 43.0 Å². The van der Waals surface area contributed by atoms with Crippen LogP contribution in [0.2, 0.25) is 0 Å². The van der Waals surface area contributed by atoms with Gasteiger partial charge in [0.15, 0.2) is 0 Å². The molecule has 2 N–H and O–H groups in total. The molecule has 1 aliphatic carbocycles. The van der Waals surface area contributed by atoms with Gasteiger partial charge in [-0.15, -0.1) is 12.5 Å². The summed E-state index contributed by atoms with van der Waals surface area (Å²) in [5.41, 5.74) is 4.08. The number of pyridine rings is 1. The van der Waals surface area contributed by atoms with Crippen LogP contribution in [0, 0.1) is 61.8 Å². The number of aromatic nitrogens is 1. The molecule has 2 heterocycles. The summed E-state index contributed by atoms with van der Waals surface area (Å²) >= 11 is 0. The molecule has 1 amide bonds. The van der Waals surface area contributed by atoms with Crippen LogP contribution in [0.5, 0.6) is 0 Å². The molecule has 196 valence electrons. The van der Waals surface area contributed by atoms with Crippen LogP contribution < -0.4 is 10.9 Å². The van der Waals surface area contributed by atoms with Crippen molar-refractivity contribution in [1.82, 2.24) is 10.3 Å². The molecule has 1 fully saturated rings. The van der Waals surface area contributed by atoms with Gasteiger partial charge in [-0.05, 0) is 44.2 Å². The van der Waals surface area contributed by atoms with Crippen LogP contribution in [-0.4, -0.2) is 29.8 Å². The number of aromatic amines is 1. The Morgan fingerprint density at radius 3 is 2.65 bits per heavy atom. The Bertz CT molecular complexity index is 1210. The SMILES string of the molecule is C[C-]=C(/C=C(\C(C)C)C1(C(=O)NCC2=NC(c3c[nH]c(=O)cc3C)=CC(C)=CC2)CC1)O[C-](F)CF.[U+2]. The summed E-state index contributed by atoms with van der Waals surface area (Å²) in [5, 5.41) is 3.04. The third-order valence-electron chi connectivity index (χ3n) is 6.38. The largest absolute Gasteiger partial charge is 2.00 e. The van der Waals surface area contributed by atoms with E-state index in [2.05, 4.69) is 16.4 Å². The summed E-state index contributed by atoms with van der Waals surface area (Å²) in [6, 6.07) is 1.53. The van der Waals surface area contributed by atoms with Gasteiger partial charge in [0.05, 0.1) is 17.7 Å². The molecule has 37 heavy (non-hydrogen) atoms. The number of aryl methyl sites for hydroxylation is 1. The molecule has 1 saturated carbocycles. The Morgan fingerprint density at radius 1 is 1.38 bits per heavy atom. The predicted molar refractivity (Wildman–Crippen MR) is 137 cm³/mol. The molecule has 1 aliphatic heterocycles. The third kappa shape index (κ3) is 7.88. The second-order valence-electron chi connectivity index (χ2n) is 9.48. The Morgan fingerprint density at radius 2 is 2.08 bits per heavy atom. The molecular weight excluding hydrogens is 702 g/mol. The summed E-state index contributed by atoms with van der Waals surface area (Å²) in [6.45, 7) is 8.22. The van der Waals surface area contributed by atoms with Gasteiger partial charge in [-0.2, -0.15) is 6.08 Å². The fourth-order valence-corrected chi connectivity index (χ4v) is 4.32. The monoisotopic (exact) mass is 735 g/mol. The number of nitrogens with one attached hydrogen (secondary N) is 2. The first-order valence-electron chi connectivity index (χ1n) is 12.0. The molecule has 9 heteroatoms. The van der Waals surface area contributed by atoms with Crippen LogP contribution in [-0.2, 0) is 9.53 Å². The van der Waals surface area contributed by atoms with Crippen LogP contribution in [0.3, 0.4) is 0 Å². The molecule has 0 saturated heterocycles. The van der Waals surface area contributed by atoms with E-state index in [4.69, 9.17) is 9.73 Å². The Labute approximate surface area is 240 Å². The fourth-order valence-electron chi connectivity index (χ4n) is 4.32. The second-order valence-corrected chi connectivity index (χ2v) is 9.48. The van der Waals surface area contributed by atoms with Crippen molar-refractivity contribution < 1.29 is 49.4 Å². The minimum absolute atomic E-state index is 0. The third-order valence-corrected chi connectivity index (χ3v) is 6.38. The molecule has 0 bridgehead atoms. The number of H-pyrrole nitrogens is 1. The van der Waals surface area contributed by atoms with E-state index < -0.39 is 18.4 Å². The van der Waals surface area contributed by atoms with Crippen LogP contribution in [0.15, 0.2) is 57.2 Å². The normalized spacial score (nSPS) is 17.4. The minimum Gasteiger partial charge on any atom is -0.651 e. The number of amides is 1. The Hall–Kier alpha value is -2.24. The van der Waals surface area contributed by atoms with Crippen LogP contribution in [0.1, 0.15) is 58.1 Å². The van der Waals surface area contributed by atoms with Crippen molar-refractivity contribution in [1.29, 1.82) is 0 Å². The van der Waals surface area contributed by atoms with Crippen LogP contribution in [0.25, 0.3) is 5.70 Å². The molecule has 0 aromatic carbocycles. The van der Waals surface area contributed by atoms with E-state index in [1.807, 2.05) is 39.8 Å². The van der Waals surface area contributed by atoms with Gasteiger partial charge in [-0.1, -0.05) is 31.3 Å². The van der Waals surface area contributed by atoms with E-state index in [0.717, 1.165) is 33.7 Å². The minimum atomic E-state index is -1.34. The van der Waals surface area contributed by atoms with Crippen molar-refractivity contribution in [2.45, 2.75) is 53.9 Å². The van der Waals surface area contributed by atoms with Gasteiger partial charge >= 0.3 is 31.1 Å². The number of carbonyl (C=O) groups excluding carboxylic acids is 1. The summed E-state index contributed by atoms with van der Waals surface area (Å²) in [4.78, 5) is 32.5. The van der Waals surface area contributed by atoms with E-state index >= 15 is 0 Å². The summed E-state index contributed by atoms with van der Waals surface area (Å²) in [5.74, 6) is -0.101. The Kier molecular flexibility index (Phi) is 11.3. The van der Waals surface area contributed by atoms with Crippen molar-refractivity contribution in [3.63, 3.8) is 0 Å². The molecular formula is C28H33F2N3O3U. The first kappa shape index (κ1) is 31.0. The van der Waals surface area contributed by atoms with Gasteiger partial charge in [0.2, 0.25) is 11.5 Å². The number of alkyl halides is 1. The average molecular weight is 736 g/mol. The van der Waals surface area contributed by atoms with Gasteiger partial charge in [0.25, 0.3) is 0 Å². The summed E-state index contributed by atoms with van der Waals surface area (Å²) in [7, 11) is 0. The molecule has 2 aliphatic rings. The van der Waals surface area contributed by atoms with Crippen molar-refractivity contribution >= 4 is 17.3 Å². The van der Waals surface area contributed by atoms with Crippen LogP contribution >= 0.6 is 0 Å². The van der Waals surface area contributed by atoms with E-state index in [1.165, 1.54) is 6.07 Å². The maximum Gasteiger partial charge on any atom is 2.00 e. The number of aliphatic imine (C=N–C) groups is 1.